The number of nitrogens with one attached hydrogen (secondary N) is 1. The van der Waals surface area contributed by atoms with E-state index in [2.05, 4.69) is 5.32 Å². The second-order valence-corrected chi connectivity index (χ2v) is 3.62. The quantitative estimate of drug-likeness (QED) is 0.665. The van der Waals surface area contributed by atoms with E-state index in [9.17, 15) is 18.7 Å². The smallest absolute Gasteiger partial charge is 0.315 e. The van der Waals surface area contributed by atoms with Gasteiger partial charge in [0, 0.05) is 0 Å². The fourth-order valence-corrected chi connectivity index (χ4v) is 1.70. The molecule has 1 amide bonds. The summed E-state index contributed by atoms with van der Waals surface area (Å²) >= 11 is 0. The topological polar surface area (TPSA) is 49.3 Å². The van der Waals surface area contributed by atoms with Crippen LogP contribution >= 0.6 is 0 Å². The zero-order chi connectivity index (χ0) is 10.6. The summed E-state index contributed by atoms with van der Waals surface area (Å²) in [6.45, 7) is 0. The van der Waals surface area contributed by atoms with Crippen molar-refractivity contribution in [3.05, 3.63) is 0 Å². The first-order valence-electron chi connectivity index (χ1n) is 4.88. The van der Waals surface area contributed by atoms with Gasteiger partial charge in [-0.1, -0.05) is 19.3 Å². The van der Waals surface area contributed by atoms with Crippen molar-refractivity contribution in [3.8, 4) is 0 Å². The van der Waals surface area contributed by atoms with E-state index in [0.29, 0.717) is 12.8 Å². The minimum atomic E-state index is -2.99. The molecular weight excluding hydrogens is 192 g/mol. The Bertz CT molecular complexity index is 199. The number of aliphatic hydroxyl groups excluding tert-OH is 1. The molecule has 0 aromatic heterocycles. The van der Waals surface area contributed by atoms with E-state index in [4.69, 9.17) is 0 Å². The number of rotatable bonds is 2. The largest absolute Gasteiger partial charge is 0.391 e. The van der Waals surface area contributed by atoms with Gasteiger partial charge in [0.1, 0.15) is 0 Å². The van der Waals surface area contributed by atoms with Crippen LogP contribution in [0.2, 0.25) is 0 Å². The number of carbonyl (C=O) groups is 1. The lowest BCUT2D eigenvalue weighted by atomic mass is 10.1. The number of hydrogen-bond acceptors (Lipinski definition) is 2. The van der Waals surface area contributed by atoms with Gasteiger partial charge in [0.25, 0.3) is 5.91 Å². The van der Waals surface area contributed by atoms with Crippen LogP contribution in [0.3, 0.4) is 0 Å². The van der Waals surface area contributed by atoms with Gasteiger partial charge in [-0.15, -0.1) is 0 Å². The van der Waals surface area contributed by atoms with Gasteiger partial charge in [0.05, 0.1) is 12.1 Å². The van der Waals surface area contributed by atoms with Gasteiger partial charge in [-0.25, -0.2) is 0 Å². The number of halogens is 2. The van der Waals surface area contributed by atoms with Crippen molar-refractivity contribution in [2.45, 2.75) is 50.7 Å². The molecule has 14 heavy (non-hydrogen) atoms. The van der Waals surface area contributed by atoms with Crippen molar-refractivity contribution >= 4 is 5.91 Å². The van der Waals surface area contributed by atoms with Crippen LogP contribution in [0.1, 0.15) is 32.1 Å². The molecular formula is C9H15F2NO2. The monoisotopic (exact) mass is 207 g/mol. The van der Waals surface area contributed by atoms with Gasteiger partial charge >= 0.3 is 6.43 Å². The molecule has 0 heterocycles. The van der Waals surface area contributed by atoms with E-state index in [1.165, 1.54) is 0 Å². The molecule has 1 rings (SSSR count). The summed E-state index contributed by atoms with van der Waals surface area (Å²) in [7, 11) is 0. The summed E-state index contributed by atoms with van der Waals surface area (Å²) in [6.07, 6.45) is 0.227. The maximum atomic E-state index is 11.9. The van der Waals surface area contributed by atoms with Crippen molar-refractivity contribution in [3.63, 3.8) is 0 Å². The first-order chi connectivity index (χ1) is 6.61. The van der Waals surface area contributed by atoms with Crippen LogP contribution in [0.25, 0.3) is 0 Å². The number of hydrogen-bond donors (Lipinski definition) is 2. The minimum Gasteiger partial charge on any atom is -0.391 e. The Morgan fingerprint density at radius 2 is 1.93 bits per heavy atom. The van der Waals surface area contributed by atoms with E-state index in [-0.39, 0.29) is 0 Å². The molecule has 1 saturated carbocycles. The zero-order valence-electron chi connectivity index (χ0n) is 7.88. The van der Waals surface area contributed by atoms with Gasteiger partial charge in [-0.2, -0.15) is 8.78 Å². The summed E-state index contributed by atoms with van der Waals surface area (Å²) in [5.41, 5.74) is 0. The fourth-order valence-electron chi connectivity index (χ4n) is 1.70. The number of aliphatic hydroxyl groups is 1. The predicted molar refractivity (Wildman–Crippen MR) is 47.0 cm³/mol. The normalized spacial score (nSPS) is 28.6. The molecule has 0 spiro atoms. The summed E-state index contributed by atoms with van der Waals surface area (Å²) in [4.78, 5) is 10.7. The molecule has 1 aliphatic rings. The lowest BCUT2D eigenvalue weighted by Crippen LogP contribution is -2.45. The van der Waals surface area contributed by atoms with Gasteiger partial charge < -0.3 is 10.4 Å². The highest BCUT2D eigenvalue weighted by Gasteiger charge is 2.26. The Morgan fingerprint density at radius 3 is 2.57 bits per heavy atom. The zero-order valence-corrected chi connectivity index (χ0v) is 7.88. The average molecular weight is 207 g/mol. The third-order valence-corrected chi connectivity index (χ3v) is 2.51. The second-order valence-electron chi connectivity index (χ2n) is 3.62. The predicted octanol–water partition coefficient (Wildman–Crippen LogP) is 1.06. The summed E-state index contributed by atoms with van der Waals surface area (Å²) in [5, 5.41) is 11.7. The van der Waals surface area contributed by atoms with Crippen molar-refractivity contribution in [1.82, 2.24) is 5.32 Å². The van der Waals surface area contributed by atoms with Crippen LogP contribution < -0.4 is 5.32 Å². The molecule has 1 aliphatic carbocycles. The summed E-state index contributed by atoms with van der Waals surface area (Å²) < 4.78 is 23.8. The van der Waals surface area contributed by atoms with Crippen molar-refractivity contribution in [2.24, 2.45) is 0 Å². The standard InChI is InChI=1S/C9H15F2NO2/c10-8(11)9(14)12-6-4-2-1-3-5-7(6)13/h6-8,13H,1-5H2,(H,12,14). The summed E-state index contributed by atoms with van der Waals surface area (Å²) in [5.74, 6) is -1.28. The molecule has 0 bridgehead atoms. The van der Waals surface area contributed by atoms with E-state index in [1.807, 2.05) is 0 Å². The van der Waals surface area contributed by atoms with Crippen LogP contribution in [-0.4, -0.2) is 29.6 Å². The van der Waals surface area contributed by atoms with E-state index in [0.717, 1.165) is 19.3 Å². The highest BCUT2D eigenvalue weighted by molar-refractivity contribution is 5.79. The Morgan fingerprint density at radius 1 is 1.29 bits per heavy atom. The van der Waals surface area contributed by atoms with Crippen molar-refractivity contribution in [2.75, 3.05) is 0 Å². The Labute approximate surface area is 81.5 Å². The van der Waals surface area contributed by atoms with Gasteiger partial charge in [-0.05, 0) is 12.8 Å². The van der Waals surface area contributed by atoms with Crippen LogP contribution in [0.4, 0.5) is 8.78 Å². The van der Waals surface area contributed by atoms with Gasteiger partial charge in [0.15, 0.2) is 0 Å². The SMILES string of the molecule is O=C(NC1CCCCCC1O)C(F)F. The maximum Gasteiger partial charge on any atom is 0.315 e. The average Bonchev–Trinajstić information content (AvgIpc) is 2.32. The minimum absolute atomic E-state index is 0.501. The molecule has 5 heteroatoms. The Kier molecular flexibility index (Phi) is 4.25. The third-order valence-electron chi connectivity index (χ3n) is 2.51. The molecule has 1 fully saturated rings. The molecule has 2 N–H and O–H groups in total. The molecule has 0 aromatic carbocycles. The summed E-state index contributed by atoms with van der Waals surface area (Å²) in [6, 6.07) is -0.501. The van der Waals surface area contributed by atoms with E-state index >= 15 is 0 Å². The van der Waals surface area contributed by atoms with Crippen LogP contribution in [0.15, 0.2) is 0 Å². The number of amides is 1. The van der Waals surface area contributed by atoms with Gasteiger partial charge in [-0.3, -0.25) is 4.79 Å². The van der Waals surface area contributed by atoms with Crippen LogP contribution in [0, 0.1) is 0 Å². The Hall–Kier alpha value is -0.710. The maximum absolute atomic E-state index is 11.9. The first kappa shape index (κ1) is 11.4. The Balaban J connectivity index is 2.44. The molecule has 0 saturated heterocycles. The molecule has 2 atom stereocenters. The molecule has 2 unspecified atom stereocenters. The second kappa shape index (κ2) is 5.24. The fraction of sp³-hybridized carbons (Fsp3) is 0.889. The third kappa shape index (κ3) is 3.21. The highest BCUT2D eigenvalue weighted by atomic mass is 19.3. The van der Waals surface area contributed by atoms with Crippen LogP contribution in [0.5, 0.6) is 0 Å². The van der Waals surface area contributed by atoms with Crippen molar-refractivity contribution < 1.29 is 18.7 Å². The van der Waals surface area contributed by atoms with Crippen molar-refractivity contribution in [1.29, 1.82) is 0 Å². The molecule has 0 aliphatic heterocycles. The number of carbonyl (C=O) groups excluding carboxylic acids is 1. The number of alkyl halides is 2. The lowest BCUT2D eigenvalue weighted by Gasteiger charge is -2.21. The molecule has 0 radical (unpaired) electrons. The van der Waals surface area contributed by atoms with E-state index < -0.39 is 24.5 Å². The molecule has 0 aromatic rings. The highest BCUT2D eigenvalue weighted by Crippen LogP contribution is 2.18. The van der Waals surface area contributed by atoms with Crippen LogP contribution in [-0.2, 0) is 4.79 Å². The van der Waals surface area contributed by atoms with Gasteiger partial charge in [0.2, 0.25) is 0 Å². The molecule has 3 nitrogen and oxygen atoms in total. The first-order valence-corrected chi connectivity index (χ1v) is 4.88. The van der Waals surface area contributed by atoms with E-state index in [1.54, 1.807) is 0 Å². The lowest BCUT2D eigenvalue weighted by molar-refractivity contribution is -0.133. The molecule has 82 valence electrons.